The van der Waals surface area contributed by atoms with E-state index in [1.165, 1.54) is 0 Å². The van der Waals surface area contributed by atoms with E-state index in [9.17, 15) is 4.79 Å². The summed E-state index contributed by atoms with van der Waals surface area (Å²) in [6.45, 7) is 4.51. The largest absolute Gasteiger partial charge is 0.481 e. The molecule has 0 amide bonds. The van der Waals surface area contributed by atoms with Crippen molar-refractivity contribution in [1.29, 1.82) is 0 Å². The predicted octanol–water partition coefficient (Wildman–Crippen LogP) is 0.775. The van der Waals surface area contributed by atoms with Gasteiger partial charge in [0.1, 0.15) is 6.23 Å². The highest BCUT2D eigenvalue weighted by molar-refractivity contribution is 5.71. The van der Waals surface area contributed by atoms with Gasteiger partial charge in [-0.2, -0.15) is 0 Å². The molecule has 0 aromatic heterocycles. The number of carbonyl (C=O) groups is 1. The normalized spacial score (nSPS) is 41.2. The first-order valence-corrected chi connectivity index (χ1v) is 5.32. The van der Waals surface area contributed by atoms with Crippen molar-refractivity contribution in [3.05, 3.63) is 0 Å². The smallest absolute Gasteiger partial charge is 0.310 e. The van der Waals surface area contributed by atoms with Gasteiger partial charge in [0, 0.05) is 19.7 Å². The standard InChI is InChI=1S/C10H17NO3/c1-2-14-9-8(10(12)13)7-3-5-11(9)6-4-7/h7-9H,2-6H2,1H3,(H,12,13). The Balaban J connectivity index is 2.14. The lowest BCUT2D eigenvalue weighted by atomic mass is 9.77. The summed E-state index contributed by atoms with van der Waals surface area (Å²) >= 11 is 0. The molecule has 2 unspecified atom stereocenters. The summed E-state index contributed by atoms with van der Waals surface area (Å²) in [4.78, 5) is 13.3. The second kappa shape index (κ2) is 3.87. The van der Waals surface area contributed by atoms with Crippen molar-refractivity contribution in [2.45, 2.75) is 26.0 Å². The van der Waals surface area contributed by atoms with Crippen LogP contribution in [-0.4, -0.2) is 41.9 Å². The first-order chi connectivity index (χ1) is 6.74. The molecule has 3 rings (SSSR count). The summed E-state index contributed by atoms with van der Waals surface area (Å²) in [5.41, 5.74) is 0. The van der Waals surface area contributed by atoms with Crippen molar-refractivity contribution in [3.63, 3.8) is 0 Å². The average molecular weight is 199 g/mol. The lowest BCUT2D eigenvalue weighted by Gasteiger charge is -2.48. The van der Waals surface area contributed by atoms with Crippen LogP contribution in [0.2, 0.25) is 0 Å². The molecular formula is C10H17NO3. The third-order valence-electron chi connectivity index (χ3n) is 3.37. The van der Waals surface area contributed by atoms with Gasteiger partial charge in [0.05, 0.1) is 5.92 Å². The fourth-order valence-electron chi connectivity index (χ4n) is 2.70. The molecule has 3 heterocycles. The molecule has 0 saturated carbocycles. The topological polar surface area (TPSA) is 49.8 Å². The molecule has 2 atom stereocenters. The molecule has 3 saturated heterocycles. The lowest BCUT2D eigenvalue weighted by Crippen LogP contribution is -2.58. The van der Waals surface area contributed by atoms with Gasteiger partial charge >= 0.3 is 5.97 Å². The number of carboxylic acids is 1. The summed E-state index contributed by atoms with van der Waals surface area (Å²) in [5.74, 6) is -0.677. The van der Waals surface area contributed by atoms with Crippen LogP contribution in [0.1, 0.15) is 19.8 Å². The minimum atomic E-state index is -0.696. The number of hydrogen-bond acceptors (Lipinski definition) is 3. The molecule has 0 radical (unpaired) electrons. The van der Waals surface area contributed by atoms with Gasteiger partial charge < -0.3 is 9.84 Å². The fourth-order valence-corrected chi connectivity index (χ4v) is 2.70. The number of rotatable bonds is 3. The summed E-state index contributed by atoms with van der Waals surface area (Å²) in [7, 11) is 0. The number of fused-ring (bicyclic) bond motifs is 3. The Morgan fingerprint density at radius 3 is 2.64 bits per heavy atom. The Bertz CT molecular complexity index is 223. The molecule has 14 heavy (non-hydrogen) atoms. The maximum absolute atomic E-state index is 11.1. The minimum Gasteiger partial charge on any atom is -0.481 e. The highest BCUT2D eigenvalue weighted by Gasteiger charge is 2.46. The van der Waals surface area contributed by atoms with Crippen molar-refractivity contribution < 1.29 is 14.6 Å². The van der Waals surface area contributed by atoms with Crippen LogP contribution in [0.4, 0.5) is 0 Å². The van der Waals surface area contributed by atoms with Crippen LogP contribution in [-0.2, 0) is 9.53 Å². The highest BCUT2D eigenvalue weighted by atomic mass is 16.5. The highest BCUT2D eigenvalue weighted by Crippen LogP contribution is 2.37. The molecule has 0 aromatic rings. The molecule has 0 aromatic carbocycles. The van der Waals surface area contributed by atoms with E-state index < -0.39 is 5.97 Å². The molecule has 4 heteroatoms. The Labute approximate surface area is 83.8 Å². The zero-order chi connectivity index (χ0) is 10.1. The van der Waals surface area contributed by atoms with E-state index >= 15 is 0 Å². The van der Waals surface area contributed by atoms with Gasteiger partial charge in [0.25, 0.3) is 0 Å². The van der Waals surface area contributed by atoms with Crippen molar-refractivity contribution in [2.24, 2.45) is 11.8 Å². The molecule has 3 aliphatic rings. The maximum Gasteiger partial charge on any atom is 0.310 e. The number of aliphatic carboxylic acids is 1. The molecule has 1 N–H and O–H groups in total. The molecular weight excluding hydrogens is 182 g/mol. The van der Waals surface area contributed by atoms with Crippen molar-refractivity contribution in [2.75, 3.05) is 19.7 Å². The Kier molecular flexibility index (Phi) is 2.74. The van der Waals surface area contributed by atoms with Crippen molar-refractivity contribution in [1.82, 2.24) is 4.90 Å². The van der Waals surface area contributed by atoms with Crippen molar-refractivity contribution >= 4 is 5.97 Å². The first-order valence-electron chi connectivity index (χ1n) is 5.32. The zero-order valence-corrected chi connectivity index (χ0v) is 8.48. The van der Waals surface area contributed by atoms with Gasteiger partial charge in [-0.1, -0.05) is 0 Å². The number of piperidine rings is 3. The third kappa shape index (κ3) is 1.53. The SMILES string of the molecule is CCOC1C(C(=O)O)C2CCN1CC2. The minimum absolute atomic E-state index is 0.176. The van der Waals surface area contributed by atoms with E-state index in [1.807, 2.05) is 6.92 Å². The molecule has 2 bridgehead atoms. The van der Waals surface area contributed by atoms with Crippen LogP contribution < -0.4 is 0 Å². The van der Waals surface area contributed by atoms with Crippen LogP contribution in [0.25, 0.3) is 0 Å². The first kappa shape index (κ1) is 9.93. The second-order valence-electron chi connectivity index (χ2n) is 4.08. The summed E-state index contributed by atoms with van der Waals surface area (Å²) in [6, 6.07) is 0. The van der Waals surface area contributed by atoms with Gasteiger partial charge in [0.2, 0.25) is 0 Å². The molecule has 4 nitrogen and oxygen atoms in total. The molecule has 3 fully saturated rings. The van der Waals surface area contributed by atoms with E-state index in [2.05, 4.69) is 4.90 Å². The van der Waals surface area contributed by atoms with Gasteiger partial charge in [-0.25, -0.2) is 0 Å². The number of ether oxygens (including phenoxy) is 1. The van der Waals surface area contributed by atoms with Gasteiger partial charge in [0.15, 0.2) is 0 Å². The van der Waals surface area contributed by atoms with E-state index in [0.29, 0.717) is 12.5 Å². The Morgan fingerprint density at radius 1 is 1.50 bits per heavy atom. The second-order valence-corrected chi connectivity index (χ2v) is 4.08. The van der Waals surface area contributed by atoms with Crippen LogP contribution in [0.3, 0.4) is 0 Å². The van der Waals surface area contributed by atoms with E-state index in [4.69, 9.17) is 9.84 Å². The Hall–Kier alpha value is -0.610. The molecule has 3 aliphatic heterocycles. The van der Waals surface area contributed by atoms with Crippen LogP contribution in [0.5, 0.6) is 0 Å². The van der Waals surface area contributed by atoms with Crippen LogP contribution >= 0.6 is 0 Å². The zero-order valence-electron chi connectivity index (χ0n) is 8.48. The van der Waals surface area contributed by atoms with Gasteiger partial charge in [-0.3, -0.25) is 9.69 Å². The quantitative estimate of drug-likeness (QED) is 0.729. The monoisotopic (exact) mass is 199 g/mol. The number of carboxylic acid groups (broad SMARTS) is 1. The molecule has 0 spiro atoms. The average Bonchev–Trinajstić information content (AvgIpc) is 2.19. The van der Waals surface area contributed by atoms with E-state index in [0.717, 1.165) is 25.9 Å². The van der Waals surface area contributed by atoms with E-state index in [-0.39, 0.29) is 12.1 Å². The summed E-state index contributed by atoms with van der Waals surface area (Å²) < 4.78 is 5.54. The summed E-state index contributed by atoms with van der Waals surface area (Å²) in [5, 5.41) is 9.15. The predicted molar refractivity (Wildman–Crippen MR) is 50.8 cm³/mol. The molecule has 0 aliphatic carbocycles. The summed E-state index contributed by atoms with van der Waals surface area (Å²) in [6.07, 6.45) is 1.85. The maximum atomic E-state index is 11.1. The fraction of sp³-hybridized carbons (Fsp3) is 0.900. The Morgan fingerprint density at radius 2 is 2.14 bits per heavy atom. The van der Waals surface area contributed by atoms with Crippen LogP contribution in [0, 0.1) is 11.8 Å². The number of hydrogen-bond donors (Lipinski definition) is 1. The van der Waals surface area contributed by atoms with Gasteiger partial charge in [-0.05, 0) is 25.7 Å². The van der Waals surface area contributed by atoms with Crippen molar-refractivity contribution in [3.8, 4) is 0 Å². The molecule has 80 valence electrons. The van der Waals surface area contributed by atoms with Crippen LogP contribution in [0.15, 0.2) is 0 Å². The lowest BCUT2D eigenvalue weighted by molar-refractivity contribution is -0.184. The third-order valence-corrected chi connectivity index (χ3v) is 3.37. The number of nitrogens with zero attached hydrogens (tertiary/aromatic N) is 1. The van der Waals surface area contributed by atoms with Gasteiger partial charge in [-0.15, -0.1) is 0 Å². The van der Waals surface area contributed by atoms with E-state index in [1.54, 1.807) is 0 Å².